The van der Waals surface area contributed by atoms with E-state index in [1.807, 2.05) is 0 Å². The van der Waals surface area contributed by atoms with Crippen LogP contribution in [0.2, 0.25) is 0 Å². The highest BCUT2D eigenvalue weighted by molar-refractivity contribution is 7.58. The molecule has 0 aromatic heterocycles. The number of anilines is 1. The third-order valence-corrected chi connectivity index (χ3v) is 6.95. The zero-order chi connectivity index (χ0) is 21.2. The van der Waals surface area contributed by atoms with Crippen LogP contribution in [0.4, 0.5) is 14.5 Å². The minimum Gasteiger partial charge on any atom is -0.466 e. The van der Waals surface area contributed by atoms with Crippen LogP contribution in [0.3, 0.4) is 0 Å². The Bertz CT molecular complexity index is 904. The molecule has 3 rings (SSSR count). The van der Waals surface area contributed by atoms with Crippen molar-refractivity contribution >= 4 is 19.3 Å². The molecule has 2 aliphatic heterocycles. The maximum atomic E-state index is 13.3. The van der Waals surface area contributed by atoms with Gasteiger partial charge in [0.15, 0.2) is 0 Å². The SMILES string of the molecule is COC(=O)C1=C(C)N(c2ccccc2OC(F)F)C(C)=C(P2(=O)OCCCO2)C1. The Morgan fingerprint density at radius 3 is 2.45 bits per heavy atom. The Hall–Kier alpha value is -2.22. The average molecular weight is 429 g/mol. The van der Waals surface area contributed by atoms with Crippen molar-refractivity contribution in [2.24, 2.45) is 0 Å². The van der Waals surface area contributed by atoms with Crippen LogP contribution in [-0.4, -0.2) is 32.9 Å². The maximum absolute atomic E-state index is 13.3. The van der Waals surface area contributed by atoms with Gasteiger partial charge in [0.2, 0.25) is 0 Å². The third kappa shape index (κ3) is 4.22. The molecule has 0 aliphatic carbocycles. The normalized spacial score (nSPS) is 19.6. The van der Waals surface area contributed by atoms with Gasteiger partial charge in [-0.25, -0.2) is 4.79 Å². The van der Waals surface area contributed by atoms with Crippen molar-refractivity contribution in [2.45, 2.75) is 33.3 Å². The van der Waals surface area contributed by atoms with Gasteiger partial charge in [-0.2, -0.15) is 8.78 Å². The Kier molecular flexibility index (Phi) is 6.41. The summed E-state index contributed by atoms with van der Waals surface area (Å²) < 4.78 is 59.7. The summed E-state index contributed by atoms with van der Waals surface area (Å²) in [5, 5.41) is 0.287. The number of ether oxygens (including phenoxy) is 2. The quantitative estimate of drug-likeness (QED) is 0.491. The summed E-state index contributed by atoms with van der Waals surface area (Å²) in [7, 11) is -2.41. The topological polar surface area (TPSA) is 74.3 Å². The molecule has 0 radical (unpaired) electrons. The van der Waals surface area contributed by atoms with E-state index in [9.17, 15) is 18.1 Å². The summed E-state index contributed by atoms with van der Waals surface area (Å²) in [4.78, 5) is 13.9. The highest BCUT2D eigenvalue weighted by Gasteiger charge is 2.41. The second kappa shape index (κ2) is 8.65. The van der Waals surface area contributed by atoms with E-state index in [0.29, 0.717) is 17.8 Å². The number of nitrogens with zero attached hydrogens (tertiary/aromatic N) is 1. The summed E-state index contributed by atoms with van der Waals surface area (Å²) in [5.41, 5.74) is 1.41. The monoisotopic (exact) mass is 429 g/mol. The number of hydrogen-bond acceptors (Lipinski definition) is 7. The zero-order valence-electron chi connectivity index (χ0n) is 16.3. The Morgan fingerprint density at radius 2 is 1.83 bits per heavy atom. The smallest absolute Gasteiger partial charge is 0.387 e. The second-order valence-corrected chi connectivity index (χ2v) is 8.51. The first-order chi connectivity index (χ1) is 13.8. The number of hydrogen-bond donors (Lipinski definition) is 0. The molecule has 0 spiro atoms. The van der Waals surface area contributed by atoms with Gasteiger partial charge < -0.3 is 23.4 Å². The Labute approximate surface area is 167 Å². The fourth-order valence-electron chi connectivity index (χ4n) is 3.40. The van der Waals surface area contributed by atoms with Crippen LogP contribution < -0.4 is 9.64 Å². The summed E-state index contributed by atoms with van der Waals surface area (Å²) in [5.74, 6) is -0.705. The molecule has 0 unspecified atom stereocenters. The molecule has 1 fully saturated rings. The number of methoxy groups -OCH3 is 1. The molecule has 1 aromatic rings. The van der Waals surface area contributed by atoms with Gasteiger partial charge in [-0.3, -0.25) is 4.57 Å². The van der Waals surface area contributed by atoms with E-state index in [0.717, 1.165) is 0 Å². The van der Waals surface area contributed by atoms with Crippen LogP contribution in [0.5, 0.6) is 5.75 Å². The van der Waals surface area contributed by atoms with Gasteiger partial charge in [-0.15, -0.1) is 0 Å². The number of carbonyl (C=O) groups excluding carboxylic acids is 1. The molecule has 0 amide bonds. The number of para-hydroxylation sites is 2. The molecule has 2 aliphatic rings. The molecule has 10 heteroatoms. The molecule has 0 bridgehead atoms. The van der Waals surface area contributed by atoms with Crippen LogP contribution in [-0.2, 0) is 23.1 Å². The first kappa shape index (κ1) is 21.5. The molecule has 7 nitrogen and oxygen atoms in total. The maximum Gasteiger partial charge on any atom is 0.387 e. The molecular weight excluding hydrogens is 407 g/mol. The fraction of sp³-hybridized carbons (Fsp3) is 0.421. The molecule has 0 saturated carbocycles. The van der Waals surface area contributed by atoms with Crippen LogP contribution in [0.15, 0.2) is 46.5 Å². The van der Waals surface area contributed by atoms with Gasteiger partial charge in [-0.05, 0) is 32.4 Å². The highest BCUT2D eigenvalue weighted by atomic mass is 31.2. The predicted molar refractivity (Wildman–Crippen MR) is 102 cm³/mol. The summed E-state index contributed by atoms with van der Waals surface area (Å²) in [6.07, 6.45) is 0.611. The molecule has 29 heavy (non-hydrogen) atoms. The third-order valence-electron chi connectivity index (χ3n) is 4.77. The van der Waals surface area contributed by atoms with E-state index in [2.05, 4.69) is 4.74 Å². The molecule has 1 saturated heterocycles. The highest BCUT2D eigenvalue weighted by Crippen LogP contribution is 2.62. The van der Waals surface area contributed by atoms with Gasteiger partial charge in [0, 0.05) is 17.8 Å². The molecule has 1 aromatic carbocycles. The van der Waals surface area contributed by atoms with Gasteiger partial charge in [0.25, 0.3) is 0 Å². The first-order valence-corrected chi connectivity index (χ1v) is 10.5. The summed E-state index contributed by atoms with van der Waals surface area (Å²) in [6, 6.07) is 6.17. The van der Waals surface area contributed by atoms with Crippen LogP contribution in [0, 0.1) is 0 Å². The molecule has 0 N–H and O–H groups in total. The number of allylic oxidation sites excluding steroid dienone is 3. The molecule has 2 heterocycles. The molecular formula is C19H22F2NO6P. The Balaban J connectivity index is 2.18. The summed E-state index contributed by atoms with van der Waals surface area (Å²) in [6.45, 7) is 0.819. The van der Waals surface area contributed by atoms with E-state index in [1.54, 1.807) is 36.9 Å². The van der Waals surface area contributed by atoms with Crippen molar-refractivity contribution in [3.8, 4) is 5.75 Å². The van der Waals surface area contributed by atoms with E-state index in [-0.39, 0.29) is 42.0 Å². The van der Waals surface area contributed by atoms with Gasteiger partial charge >= 0.3 is 20.2 Å². The van der Waals surface area contributed by atoms with Crippen LogP contribution >= 0.6 is 7.60 Å². The number of rotatable bonds is 5. The summed E-state index contributed by atoms with van der Waals surface area (Å²) >= 11 is 0. The van der Waals surface area contributed by atoms with Gasteiger partial charge in [0.05, 0.1) is 36.9 Å². The zero-order valence-corrected chi connectivity index (χ0v) is 17.2. The molecule has 0 atom stereocenters. The average Bonchev–Trinajstić information content (AvgIpc) is 2.69. The Morgan fingerprint density at radius 1 is 1.17 bits per heavy atom. The molecule has 158 valence electrons. The van der Waals surface area contributed by atoms with E-state index in [4.69, 9.17) is 13.8 Å². The lowest BCUT2D eigenvalue weighted by atomic mass is 10.0. The number of halogens is 2. The van der Waals surface area contributed by atoms with Gasteiger partial charge in [0.1, 0.15) is 5.75 Å². The van der Waals surface area contributed by atoms with E-state index in [1.165, 1.54) is 13.2 Å². The lowest BCUT2D eigenvalue weighted by Gasteiger charge is -2.37. The number of esters is 1. The minimum absolute atomic E-state index is 0.00991. The predicted octanol–water partition coefficient (Wildman–Crippen LogP) is 4.81. The minimum atomic E-state index is -3.65. The second-order valence-electron chi connectivity index (χ2n) is 6.46. The van der Waals surface area contributed by atoms with E-state index >= 15 is 0 Å². The lowest BCUT2D eigenvalue weighted by molar-refractivity contribution is -0.136. The number of benzene rings is 1. The van der Waals surface area contributed by atoms with Gasteiger partial charge in [-0.1, -0.05) is 12.1 Å². The van der Waals surface area contributed by atoms with E-state index < -0.39 is 20.2 Å². The standard InChI is InChI=1S/C19H22F2NO6P/c1-12-14(18(23)25-3)11-17(29(24)26-9-6-10-27-29)13(2)22(12)15-7-4-5-8-16(15)28-19(20)21/h4-5,7-8,19H,6,9-11H2,1-3H3. The van der Waals surface area contributed by atoms with Crippen molar-refractivity contribution in [3.63, 3.8) is 0 Å². The number of alkyl halides is 2. The van der Waals surface area contributed by atoms with Crippen LogP contribution in [0.25, 0.3) is 0 Å². The first-order valence-electron chi connectivity index (χ1n) is 9.00. The largest absolute Gasteiger partial charge is 0.466 e. The van der Waals surface area contributed by atoms with Crippen molar-refractivity contribution in [1.82, 2.24) is 0 Å². The van der Waals surface area contributed by atoms with Crippen LogP contribution in [0.1, 0.15) is 26.7 Å². The van der Waals surface area contributed by atoms with Crippen molar-refractivity contribution in [1.29, 1.82) is 0 Å². The van der Waals surface area contributed by atoms with Crippen molar-refractivity contribution in [2.75, 3.05) is 25.2 Å². The number of carbonyl (C=O) groups is 1. The van der Waals surface area contributed by atoms with Crippen molar-refractivity contribution in [3.05, 3.63) is 46.5 Å². The van der Waals surface area contributed by atoms with Crippen molar-refractivity contribution < 1.29 is 36.7 Å². The lowest BCUT2D eigenvalue weighted by Crippen LogP contribution is -2.29. The fourth-order valence-corrected chi connectivity index (χ4v) is 5.37.